The Morgan fingerprint density at radius 2 is 2.50 bits per heavy atom. The van der Waals surface area contributed by atoms with Crippen LogP contribution in [0.3, 0.4) is 0 Å². The summed E-state index contributed by atoms with van der Waals surface area (Å²) in [6.07, 6.45) is 3.61. The van der Waals surface area contributed by atoms with E-state index < -0.39 is 0 Å². The second-order valence-corrected chi connectivity index (χ2v) is 3.75. The zero-order valence-corrected chi connectivity index (χ0v) is 6.39. The molecule has 1 atom stereocenters. The second-order valence-electron chi connectivity index (χ2n) is 2.46. The van der Waals surface area contributed by atoms with Gasteiger partial charge in [-0.2, -0.15) is 0 Å². The summed E-state index contributed by atoms with van der Waals surface area (Å²) in [5.74, 6) is 0. The fraction of sp³-hybridized carbons (Fsp3) is 1.00. The summed E-state index contributed by atoms with van der Waals surface area (Å²) in [5.41, 5.74) is 0. The molecule has 0 aromatic rings. The summed E-state index contributed by atoms with van der Waals surface area (Å²) in [6, 6.07) is 0. The monoisotopic (exact) mass is 176 g/mol. The molecule has 1 heterocycles. The molecule has 46 valence electrons. The van der Waals surface area contributed by atoms with Crippen LogP contribution in [-0.2, 0) is 0 Å². The number of rotatable bonds is 1. The average molecular weight is 177 g/mol. The lowest BCUT2D eigenvalue weighted by molar-refractivity contribution is 0.362. The molecule has 1 unspecified atom stereocenters. The minimum Gasteiger partial charge on any atom is -0.405 e. The highest BCUT2D eigenvalue weighted by atomic mass is 79.9. The Balaban J connectivity index is 2.22. The van der Waals surface area contributed by atoms with Crippen molar-refractivity contribution in [2.45, 2.75) is 23.9 Å². The third kappa shape index (κ3) is 1.49. The molecule has 1 N–H and O–H groups in total. The zero-order valence-electron chi connectivity index (χ0n) is 4.81. The van der Waals surface area contributed by atoms with Gasteiger partial charge in [-0.1, -0.05) is 28.6 Å². The van der Waals surface area contributed by atoms with Gasteiger partial charge >= 0.3 is 0 Å². The van der Waals surface area contributed by atoms with Crippen molar-refractivity contribution in [1.29, 1.82) is 0 Å². The van der Waals surface area contributed by atoms with E-state index in [-0.39, 0.29) is 0 Å². The number of alkyl halides is 1. The summed E-state index contributed by atoms with van der Waals surface area (Å²) in [4.78, 5) is 0.680. The quantitative estimate of drug-likeness (QED) is 0.470. The standard InChI is InChI=1S/C5H10BBrO/c7-5-1-2-6(3-5)4-8/h5,8H,1-4H2. The van der Waals surface area contributed by atoms with E-state index in [0.717, 1.165) is 6.32 Å². The molecule has 1 rings (SSSR count). The number of aliphatic hydroxyl groups excluding tert-OH is 1. The van der Waals surface area contributed by atoms with E-state index in [0.29, 0.717) is 18.0 Å². The molecular weight excluding hydrogens is 167 g/mol. The highest BCUT2D eigenvalue weighted by molar-refractivity contribution is 9.09. The van der Waals surface area contributed by atoms with Crippen LogP contribution in [0.25, 0.3) is 0 Å². The third-order valence-electron chi connectivity index (χ3n) is 1.74. The molecule has 0 radical (unpaired) electrons. The first kappa shape index (κ1) is 6.62. The Hall–Kier alpha value is 0.505. The summed E-state index contributed by atoms with van der Waals surface area (Å²) in [6.45, 7) is 0.960. The smallest absolute Gasteiger partial charge is 0.172 e. The first-order valence-electron chi connectivity index (χ1n) is 3.08. The van der Waals surface area contributed by atoms with Crippen LogP contribution in [0.4, 0.5) is 0 Å². The SMILES string of the molecule is OCB1CCC(Br)C1. The number of halogens is 1. The topological polar surface area (TPSA) is 20.2 Å². The lowest BCUT2D eigenvalue weighted by atomic mass is 9.49. The third-order valence-corrected chi connectivity index (χ3v) is 2.57. The van der Waals surface area contributed by atoms with E-state index in [1.807, 2.05) is 0 Å². The fourth-order valence-electron chi connectivity index (χ4n) is 1.18. The van der Waals surface area contributed by atoms with Crippen LogP contribution in [0.5, 0.6) is 0 Å². The van der Waals surface area contributed by atoms with E-state index in [1.54, 1.807) is 0 Å². The molecule has 0 amide bonds. The molecule has 1 nitrogen and oxygen atoms in total. The van der Waals surface area contributed by atoms with Gasteiger partial charge in [-0.25, -0.2) is 0 Å². The van der Waals surface area contributed by atoms with E-state index in [4.69, 9.17) is 5.11 Å². The van der Waals surface area contributed by atoms with Gasteiger partial charge in [0.1, 0.15) is 0 Å². The highest BCUT2D eigenvalue weighted by Crippen LogP contribution is 2.25. The maximum Gasteiger partial charge on any atom is 0.172 e. The van der Waals surface area contributed by atoms with E-state index in [9.17, 15) is 0 Å². The summed E-state index contributed by atoms with van der Waals surface area (Å²) in [7, 11) is 0. The van der Waals surface area contributed by atoms with Gasteiger partial charge in [0.2, 0.25) is 0 Å². The molecule has 0 bridgehead atoms. The maximum atomic E-state index is 8.66. The van der Waals surface area contributed by atoms with Crippen LogP contribution >= 0.6 is 15.9 Å². The highest BCUT2D eigenvalue weighted by Gasteiger charge is 2.24. The summed E-state index contributed by atoms with van der Waals surface area (Å²) in [5, 5.41) is 8.66. The van der Waals surface area contributed by atoms with Crippen LogP contribution in [0.2, 0.25) is 12.6 Å². The molecule has 0 aliphatic carbocycles. The Labute approximate surface area is 58.7 Å². The molecule has 0 spiro atoms. The first-order chi connectivity index (χ1) is 3.83. The lowest BCUT2D eigenvalue weighted by Crippen LogP contribution is -2.12. The van der Waals surface area contributed by atoms with Crippen LogP contribution in [0.15, 0.2) is 0 Å². The first-order valence-corrected chi connectivity index (χ1v) is 3.99. The molecule has 1 aliphatic rings. The van der Waals surface area contributed by atoms with Gasteiger partial charge in [0, 0.05) is 11.3 Å². The van der Waals surface area contributed by atoms with Crippen molar-refractivity contribution in [2.75, 3.05) is 6.51 Å². The average Bonchev–Trinajstić information content (AvgIpc) is 2.14. The van der Waals surface area contributed by atoms with Crippen molar-refractivity contribution < 1.29 is 5.11 Å². The van der Waals surface area contributed by atoms with Crippen LogP contribution in [0.1, 0.15) is 6.42 Å². The van der Waals surface area contributed by atoms with Gasteiger partial charge in [-0.05, 0) is 6.42 Å². The summed E-state index contributed by atoms with van der Waals surface area (Å²) >= 11 is 3.51. The Bertz CT molecular complexity index is 78.8. The molecule has 1 saturated heterocycles. The van der Waals surface area contributed by atoms with Crippen molar-refractivity contribution in [3.8, 4) is 0 Å². The Kier molecular flexibility index (Phi) is 2.38. The molecule has 0 aromatic heterocycles. The van der Waals surface area contributed by atoms with Gasteiger partial charge in [0.15, 0.2) is 6.71 Å². The van der Waals surface area contributed by atoms with Crippen LogP contribution < -0.4 is 0 Å². The largest absolute Gasteiger partial charge is 0.405 e. The number of hydrogen-bond donors (Lipinski definition) is 1. The van der Waals surface area contributed by atoms with Crippen molar-refractivity contribution in [3.63, 3.8) is 0 Å². The van der Waals surface area contributed by atoms with Gasteiger partial charge < -0.3 is 5.11 Å². The maximum absolute atomic E-state index is 8.66. The van der Waals surface area contributed by atoms with Crippen molar-refractivity contribution in [1.82, 2.24) is 0 Å². The van der Waals surface area contributed by atoms with Gasteiger partial charge in [-0.15, -0.1) is 0 Å². The van der Waals surface area contributed by atoms with E-state index >= 15 is 0 Å². The predicted molar refractivity (Wildman–Crippen MR) is 39.8 cm³/mol. The predicted octanol–water partition coefficient (Wildman–Crippen LogP) is 1.18. The number of hydrogen-bond acceptors (Lipinski definition) is 1. The minimum absolute atomic E-state index is 0.377. The van der Waals surface area contributed by atoms with Gasteiger partial charge in [-0.3, -0.25) is 0 Å². The molecule has 0 saturated carbocycles. The molecule has 1 fully saturated rings. The summed E-state index contributed by atoms with van der Waals surface area (Å²) < 4.78 is 0. The van der Waals surface area contributed by atoms with Crippen molar-refractivity contribution in [3.05, 3.63) is 0 Å². The number of aliphatic hydroxyl groups is 1. The second kappa shape index (κ2) is 2.88. The van der Waals surface area contributed by atoms with Gasteiger partial charge in [0.05, 0.1) is 0 Å². The molecular formula is C5H10BBrO. The Morgan fingerprint density at radius 1 is 1.75 bits per heavy atom. The minimum atomic E-state index is 0.377. The van der Waals surface area contributed by atoms with Crippen LogP contribution in [-0.4, -0.2) is 23.2 Å². The van der Waals surface area contributed by atoms with Crippen molar-refractivity contribution in [2.24, 2.45) is 0 Å². The van der Waals surface area contributed by atoms with E-state index in [2.05, 4.69) is 15.9 Å². The fourth-order valence-corrected chi connectivity index (χ4v) is 1.97. The molecule has 8 heavy (non-hydrogen) atoms. The Morgan fingerprint density at radius 3 is 2.75 bits per heavy atom. The van der Waals surface area contributed by atoms with Gasteiger partial charge in [0.25, 0.3) is 0 Å². The zero-order chi connectivity index (χ0) is 5.98. The molecule has 3 heteroatoms. The molecule has 1 aliphatic heterocycles. The lowest BCUT2D eigenvalue weighted by Gasteiger charge is -1.96. The van der Waals surface area contributed by atoms with E-state index in [1.165, 1.54) is 12.7 Å². The van der Waals surface area contributed by atoms with Crippen LogP contribution in [0, 0.1) is 0 Å². The molecule has 0 aromatic carbocycles. The van der Waals surface area contributed by atoms with Crippen molar-refractivity contribution >= 4 is 22.6 Å². The normalized spacial score (nSPS) is 29.2.